The molecule has 0 bridgehead atoms. The molecule has 0 saturated carbocycles. The van der Waals surface area contributed by atoms with Gasteiger partial charge in [-0.05, 0) is 22.0 Å². The number of pyridine rings is 1. The van der Waals surface area contributed by atoms with Crippen molar-refractivity contribution < 1.29 is 14.3 Å². The van der Waals surface area contributed by atoms with Crippen molar-refractivity contribution in [2.24, 2.45) is 0 Å². The van der Waals surface area contributed by atoms with Crippen molar-refractivity contribution >= 4 is 33.6 Å². The fourth-order valence-electron chi connectivity index (χ4n) is 1.42. The van der Waals surface area contributed by atoms with Crippen LogP contribution in [0.15, 0.2) is 16.7 Å². The lowest BCUT2D eigenvalue weighted by molar-refractivity contribution is -0.120. The predicted molar refractivity (Wildman–Crippen MR) is 78.7 cm³/mol. The van der Waals surface area contributed by atoms with Gasteiger partial charge in [-0.15, -0.1) is 0 Å². The van der Waals surface area contributed by atoms with Crippen molar-refractivity contribution in [2.75, 3.05) is 39.2 Å². The van der Waals surface area contributed by atoms with Gasteiger partial charge >= 0.3 is 0 Å². The Bertz CT molecular complexity index is 482. The summed E-state index contributed by atoms with van der Waals surface area (Å²) >= 11 is 3.25. The third-order valence-electron chi connectivity index (χ3n) is 2.37. The Morgan fingerprint density at radius 2 is 2.15 bits per heavy atom. The Kier molecular flexibility index (Phi) is 6.96. The normalized spacial score (nSPS) is 9.95. The van der Waals surface area contributed by atoms with Crippen LogP contribution in [0.2, 0.25) is 0 Å². The van der Waals surface area contributed by atoms with Crippen LogP contribution in [-0.2, 0) is 9.53 Å². The van der Waals surface area contributed by atoms with Gasteiger partial charge in [-0.25, -0.2) is 4.98 Å². The number of carbonyl (C=O) groups is 2. The van der Waals surface area contributed by atoms with Crippen LogP contribution in [0.1, 0.15) is 10.4 Å². The summed E-state index contributed by atoms with van der Waals surface area (Å²) in [5.74, 6) is -0.195. The van der Waals surface area contributed by atoms with E-state index in [2.05, 4.69) is 36.9 Å². The van der Waals surface area contributed by atoms with Crippen molar-refractivity contribution in [3.63, 3.8) is 0 Å². The maximum atomic E-state index is 12.0. The molecular weight excluding hydrogens is 328 g/mol. The second-order valence-electron chi connectivity index (χ2n) is 3.83. The molecule has 2 amide bonds. The monoisotopic (exact) mass is 344 g/mol. The second-order valence-corrected chi connectivity index (χ2v) is 4.74. The van der Waals surface area contributed by atoms with E-state index in [0.29, 0.717) is 29.0 Å². The number of hydrogen-bond acceptors (Lipinski definition) is 5. The Hall–Kier alpha value is -1.67. The summed E-state index contributed by atoms with van der Waals surface area (Å²) in [5.41, 5.74) is 0.367. The summed E-state index contributed by atoms with van der Waals surface area (Å²) in [7, 11) is 3.22. The standard InChI is InChI=1S/C12H17BrN4O3/c1-14-11-9(5-8(13)6-16-11)12(19)17-7-10(18)15-3-4-20-2/h5-6H,3-4,7H2,1-2H3,(H,14,16)(H,15,18)(H,17,19). The van der Waals surface area contributed by atoms with E-state index in [0.717, 1.165) is 0 Å². The molecule has 1 aromatic rings. The summed E-state index contributed by atoms with van der Waals surface area (Å²) in [5, 5.41) is 7.97. The van der Waals surface area contributed by atoms with Gasteiger partial charge < -0.3 is 20.7 Å². The van der Waals surface area contributed by atoms with E-state index in [1.165, 1.54) is 0 Å². The molecule has 0 atom stereocenters. The minimum absolute atomic E-state index is 0.0990. The number of methoxy groups -OCH3 is 1. The van der Waals surface area contributed by atoms with Gasteiger partial charge in [0.25, 0.3) is 5.91 Å². The van der Waals surface area contributed by atoms with Gasteiger partial charge in [-0.3, -0.25) is 9.59 Å². The Morgan fingerprint density at radius 1 is 1.40 bits per heavy atom. The zero-order valence-corrected chi connectivity index (χ0v) is 12.9. The first-order chi connectivity index (χ1) is 9.58. The zero-order valence-electron chi connectivity index (χ0n) is 11.3. The molecule has 3 N–H and O–H groups in total. The number of anilines is 1. The fraction of sp³-hybridized carbons (Fsp3) is 0.417. The van der Waals surface area contributed by atoms with Crippen LogP contribution in [0.4, 0.5) is 5.82 Å². The highest BCUT2D eigenvalue weighted by Crippen LogP contribution is 2.17. The van der Waals surface area contributed by atoms with Crippen molar-refractivity contribution in [3.05, 3.63) is 22.3 Å². The number of rotatable bonds is 7. The zero-order chi connectivity index (χ0) is 15.0. The summed E-state index contributed by atoms with van der Waals surface area (Å²) in [6.07, 6.45) is 1.58. The van der Waals surface area contributed by atoms with Crippen LogP contribution in [0.5, 0.6) is 0 Å². The van der Waals surface area contributed by atoms with E-state index >= 15 is 0 Å². The smallest absolute Gasteiger partial charge is 0.255 e. The second kappa shape index (κ2) is 8.49. The van der Waals surface area contributed by atoms with E-state index in [-0.39, 0.29) is 18.4 Å². The molecule has 0 aliphatic carbocycles. The van der Waals surface area contributed by atoms with Crippen molar-refractivity contribution in [2.45, 2.75) is 0 Å². The Morgan fingerprint density at radius 3 is 2.80 bits per heavy atom. The SMILES string of the molecule is CNc1ncc(Br)cc1C(=O)NCC(=O)NCCOC. The van der Waals surface area contributed by atoms with Crippen molar-refractivity contribution in [1.82, 2.24) is 15.6 Å². The molecule has 8 heteroatoms. The lowest BCUT2D eigenvalue weighted by Crippen LogP contribution is -2.38. The summed E-state index contributed by atoms with van der Waals surface area (Å²) in [6.45, 7) is 0.739. The topological polar surface area (TPSA) is 92.4 Å². The number of nitrogens with one attached hydrogen (secondary N) is 3. The first-order valence-electron chi connectivity index (χ1n) is 5.95. The highest BCUT2D eigenvalue weighted by molar-refractivity contribution is 9.10. The molecule has 7 nitrogen and oxygen atoms in total. The third kappa shape index (κ3) is 5.14. The highest BCUT2D eigenvalue weighted by atomic mass is 79.9. The number of amides is 2. The van der Waals surface area contributed by atoms with Gasteiger partial charge in [0.15, 0.2) is 0 Å². The first-order valence-corrected chi connectivity index (χ1v) is 6.75. The van der Waals surface area contributed by atoms with Gasteiger partial charge in [0.2, 0.25) is 5.91 Å². The van der Waals surface area contributed by atoms with Crippen LogP contribution in [-0.4, -0.2) is 50.7 Å². The highest BCUT2D eigenvalue weighted by Gasteiger charge is 2.13. The van der Waals surface area contributed by atoms with Gasteiger partial charge in [-0.1, -0.05) is 0 Å². The van der Waals surface area contributed by atoms with Crippen LogP contribution in [0.3, 0.4) is 0 Å². The van der Waals surface area contributed by atoms with E-state index < -0.39 is 0 Å². The molecule has 0 unspecified atom stereocenters. The number of aromatic nitrogens is 1. The summed E-state index contributed by atoms with van der Waals surface area (Å²) < 4.78 is 5.49. The molecule has 0 aromatic carbocycles. The van der Waals surface area contributed by atoms with Crippen molar-refractivity contribution in [3.8, 4) is 0 Å². The largest absolute Gasteiger partial charge is 0.383 e. The molecule has 0 spiro atoms. The van der Waals surface area contributed by atoms with Crippen LogP contribution >= 0.6 is 15.9 Å². The first kappa shape index (κ1) is 16.4. The lowest BCUT2D eigenvalue weighted by Gasteiger charge is -2.09. The van der Waals surface area contributed by atoms with E-state index in [1.54, 1.807) is 26.4 Å². The molecule has 0 fully saturated rings. The van der Waals surface area contributed by atoms with Gasteiger partial charge in [0.1, 0.15) is 5.82 Å². The number of hydrogen-bond donors (Lipinski definition) is 3. The average Bonchev–Trinajstić information content (AvgIpc) is 2.45. The molecule has 1 heterocycles. The number of ether oxygens (including phenoxy) is 1. The summed E-state index contributed by atoms with van der Waals surface area (Å²) in [6, 6.07) is 1.64. The number of halogens is 1. The van der Waals surface area contributed by atoms with Gasteiger partial charge in [0.05, 0.1) is 18.7 Å². The van der Waals surface area contributed by atoms with E-state index in [4.69, 9.17) is 4.74 Å². The minimum atomic E-state index is -0.370. The van der Waals surface area contributed by atoms with Crippen LogP contribution in [0.25, 0.3) is 0 Å². The fourth-order valence-corrected chi connectivity index (χ4v) is 1.75. The molecule has 0 aliphatic rings. The molecule has 110 valence electrons. The molecular formula is C12H17BrN4O3. The minimum Gasteiger partial charge on any atom is -0.383 e. The van der Waals surface area contributed by atoms with Crippen LogP contribution < -0.4 is 16.0 Å². The molecule has 0 saturated heterocycles. The molecule has 20 heavy (non-hydrogen) atoms. The molecule has 0 radical (unpaired) electrons. The third-order valence-corrected chi connectivity index (χ3v) is 2.81. The maximum absolute atomic E-state index is 12.0. The van der Waals surface area contributed by atoms with Crippen molar-refractivity contribution in [1.29, 1.82) is 0 Å². The summed E-state index contributed by atoms with van der Waals surface area (Å²) in [4.78, 5) is 27.5. The van der Waals surface area contributed by atoms with Gasteiger partial charge in [0, 0.05) is 31.4 Å². The van der Waals surface area contributed by atoms with E-state index in [9.17, 15) is 9.59 Å². The number of carbonyl (C=O) groups excluding carboxylic acids is 2. The average molecular weight is 345 g/mol. The Labute approximate surface area is 125 Å². The van der Waals surface area contributed by atoms with Crippen LogP contribution in [0, 0.1) is 0 Å². The van der Waals surface area contributed by atoms with Gasteiger partial charge in [-0.2, -0.15) is 0 Å². The quantitative estimate of drug-likeness (QED) is 0.622. The lowest BCUT2D eigenvalue weighted by atomic mass is 10.2. The maximum Gasteiger partial charge on any atom is 0.255 e. The predicted octanol–water partition coefficient (Wildman–Crippen LogP) is 0.378. The molecule has 0 aliphatic heterocycles. The molecule has 1 rings (SSSR count). The Balaban J connectivity index is 2.54. The number of nitrogens with zero attached hydrogens (tertiary/aromatic N) is 1. The van der Waals surface area contributed by atoms with E-state index in [1.807, 2.05) is 0 Å². The molecule has 1 aromatic heterocycles.